The number of carbonyl (C=O) groups is 1. The lowest BCUT2D eigenvalue weighted by Gasteiger charge is -2.31. The molecule has 0 aromatic carbocycles. The minimum absolute atomic E-state index is 0.0815. The zero-order valence-electron chi connectivity index (χ0n) is 13.9. The largest absolute Gasteiger partial charge is 0.375 e. The van der Waals surface area contributed by atoms with Gasteiger partial charge in [-0.05, 0) is 6.92 Å². The third-order valence-corrected chi connectivity index (χ3v) is 4.78. The zero-order chi connectivity index (χ0) is 17.3. The second-order valence-electron chi connectivity index (χ2n) is 6.82. The van der Waals surface area contributed by atoms with Gasteiger partial charge in [0.25, 0.3) is 0 Å². The predicted molar refractivity (Wildman–Crippen MR) is 82.5 cm³/mol. The van der Waals surface area contributed by atoms with Crippen LogP contribution in [0.15, 0.2) is 4.52 Å². The Kier molecular flexibility index (Phi) is 5.10. The van der Waals surface area contributed by atoms with Crippen molar-refractivity contribution >= 4 is 15.7 Å². The molecule has 0 radical (unpaired) electrons. The van der Waals surface area contributed by atoms with E-state index in [1.807, 2.05) is 27.7 Å². The molecule has 0 spiro atoms. The van der Waals surface area contributed by atoms with Gasteiger partial charge in [0.1, 0.15) is 11.5 Å². The maximum atomic E-state index is 12.2. The fourth-order valence-electron chi connectivity index (χ4n) is 2.19. The van der Waals surface area contributed by atoms with Gasteiger partial charge < -0.3 is 14.2 Å². The van der Waals surface area contributed by atoms with Crippen LogP contribution in [0.25, 0.3) is 0 Å². The molecule has 1 saturated heterocycles. The van der Waals surface area contributed by atoms with Crippen molar-refractivity contribution in [2.24, 2.45) is 0 Å². The predicted octanol–water partition coefficient (Wildman–Crippen LogP) is 0.529. The van der Waals surface area contributed by atoms with Crippen LogP contribution in [0.3, 0.4) is 0 Å². The molecule has 1 amide bonds. The molecular weight excluding hydrogens is 322 g/mol. The van der Waals surface area contributed by atoms with Crippen LogP contribution in [-0.4, -0.2) is 60.9 Å². The molecule has 0 aliphatic carbocycles. The van der Waals surface area contributed by atoms with Gasteiger partial charge in [0, 0.05) is 18.5 Å². The van der Waals surface area contributed by atoms with Gasteiger partial charge in [-0.3, -0.25) is 4.79 Å². The number of sulfone groups is 1. The van der Waals surface area contributed by atoms with Crippen LogP contribution < -0.4 is 0 Å². The molecule has 1 fully saturated rings. The maximum absolute atomic E-state index is 12.2. The summed E-state index contributed by atoms with van der Waals surface area (Å²) in [5, 5.41) is 3.69. The Bertz CT molecular complexity index is 662. The van der Waals surface area contributed by atoms with E-state index < -0.39 is 27.3 Å². The minimum Gasteiger partial charge on any atom is -0.375 e. The number of rotatable bonds is 4. The van der Waals surface area contributed by atoms with Crippen LogP contribution in [0.2, 0.25) is 0 Å². The fraction of sp³-hybridized carbons (Fsp3) is 0.786. The van der Waals surface area contributed by atoms with Crippen molar-refractivity contribution in [2.75, 3.05) is 25.4 Å². The second kappa shape index (κ2) is 6.56. The molecule has 9 heteroatoms. The van der Waals surface area contributed by atoms with E-state index in [-0.39, 0.29) is 17.3 Å². The molecule has 8 nitrogen and oxygen atoms in total. The lowest BCUT2D eigenvalue weighted by Crippen LogP contribution is -2.46. The van der Waals surface area contributed by atoms with Crippen LogP contribution in [0.4, 0.5) is 0 Å². The van der Waals surface area contributed by atoms with Gasteiger partial charge in [-0.25, -0.2) is 8.42 Å². The summed E-state index contributed by atoms with van der Waals surface area (Å²) in [6.45, 7) is 8.76. The van der Waals surface area contributed by atoms with E-state index >= 15 is 0 Å². The summed E-state index contributed by atoms with van der Waals surface area (Å²) in [7, 11) is -3.65. The molecule has 2 heterocycles. The molecule has 0 saturated carbocycles. The fourth-order valence-corrected chi connectivity index (χ4v) is 3.36. The van der Waals surface area contributed by atoms with E-state index in [4.69, 9.17) is 9.26 Å². The van der Waals surface area contributed by atoms with Crippen molar-refractivity contribution in [3.63, 3.8) is 0 Å². The first-order valence-electron chi connectivity index (χ1n) is 7.50. The zero-order valence-corrected chi connectivity index (χ0v) is 14.7. The number of hydrogen-bond acceptors (Lipinski definition) is 7. The summed E-state index contributed by atoms with van der Waals surface area (Å²) < 4.78 is 34.8. The maximum Gasteiger partial charge on any atom is 0.237 e. The summed E-state index contributed by atoms with van der Waals surface area (Å²) in [6, 6.07) is 0. The first-order chi connectivity index (χ1) is 10.6. The molecule has 1 aliphatic heterocycles. The van der Waals surface area contributed by atoms with E-state index in [1.165, 1.54) is 4.90 Å². The van der Waals surface area contributed by atoms with E-state index in [1.54, 1.807) is 0 Å². The number of morpholine rings is 1. The molecule has 1 atom stereocenters. The summed E-state index contributed by atoms with van der Waals surface area (Å²) in [5.74, 6) is -0.925. The molecule has 1 aromatic heterocycles. The van der Waals surface area contributed by atoms with Crippen molar-refractivity contribution in [3.8, 4) is 0 Å². The molecule has 1 aromatic rings. The molecule has 1 unspecified atom stereocenters. The van der Waals surface area contributed by atoms with Gasteiger partial charge in [0.05, 0.1) is 12.7 Å². The Morgan fingerprint density at radius 2 is 2.09 bits per heavy atom. The Morgan fingerprint density at radius 3 is 2.65 bits per heavy atom. The lowest BCUT2D eigenvalue weighted by atomic mass is 9.97. The highest BCUT2D eigenvalue weighted by Crippen LogP contribution is 2.20. The third kappa shape index (κ3) is 5.00. The number of amides is 1. The Labute approximate surface area is 136 Å². The summed E-state index contributed by atoms with van der Waals surface area (Å²) in [5.41, 5.74) is -0.352. The van der Waals surface area contributed by atoms with Crippen LogP contribution in [0, 0.1) is 0 Å². The number of hydrogen-bond donors (Lipinski definition) is 0. The third-order valence-electron chi connectivity index (χ3n) is 3.40. The summed E-state index contributed by atoms with van der Waals surface area (Å²) in [4.78, 5) is 17.8. The second-order valence-corrected chi connectivity index (χ2v) is 8.88. The summed E-state index contributed by atoms with van der Waals surface area (Å²) in [6.07, 6.45) is -0.0815. The van der Waals surface area contributed by atoms with E-state index in [2.05, 4.69) is 10.1 Å². The SMILES string of the molecule is CC1CN(C(=O)CS(=O)(=O)Cc2noc(C(C)(C)C)n2)CCO1. The Balaban J connectivity index is 1.99. The first kappa shape index (κ1) is 17.9. The summed E-state index contributed by atoms with van der Waals surface area (Å²) >= 11 is 0. The van der Waals surface area contributed by atoms with Crippen molar-refractivity contribution < 1.29 is 22.5 Å². The van der Waals surface area contributed by atoms with Gasteiger partial charge >= 0.3 is 0 Å². The smallest absolute Gasteiger partial charge is 0.237 e. The van der Waals surface area contributed by atoms with Crippen molar-refractivity contribution in [1.29, 1.82) is 0 Å². The topological polar surface area (TPSA) is 103 Å². The molecule has 2 rings (SSSR count). The monoisotopic (exact) mass is 345 g/mol. The van der Waals surface area contributed by atoms with Crippen molar-refractivity contribution in [3.05, 3.63) is 11.7 Å². The van der Waals surface area contributed by atoms with Crippen LogP contribution in [-0.2, 0) is 30.5 Å². The van der Waals surface area contributed by atoms with Gasteiger partial charge in [0.2, 0.25) is 11.8 Å². The molecule has 1 aliphatic rings. The highest BCUT2D eigenvalue weighted by atomic mass is 32.2. The first-order valence-corrected chi connectivity index (χ1v) is 9.32. The normalized spacial score (nSPS) is 19.8. The highest BCUT2D eigenvalue weighted by molar-refractivity contribution is 7.91. The van der Waals surface area contributed by atoms with E-state index in [0.29, 0.717) is 25.6 Å². The van der Waals surface area contributed by atoms with Crippen molar-refractivity contribution in [1.82, 2.24) is 15.0 Å². The van der Waals surface area contributed by atoms with Gasteiger partial charge in [-0.15, -0.1) is 0 Å². The van der Waals surface area contributed by atoms with Gasteiger partial charge in [-0.1, -0.05) is 25.9 Å². The van der Waals surface area contributed by atoms with E-state index in [0.717, 1.165) is 0 Å². The Hall–Kier alpha value is -1.48. The average molecular weight is 345 g/mol. The molecule has 130 valence electrons. The number of carbonyl (C=O) groups excluding carboxylic acids is 1. The highest BCUT2D eigenvalue weighted by Gasteiger charge is 2.28. The quantitative estimate of drug-likeness (QED) is 0.784. The molecular formula is C14H23N3O5S. The molecule has 23 heavy (non-hydrogen) atoms. The minimum atomic E-state index is -3.65. The number of ether oxygens (including phenoxy) is 1. The molecule has 0 bridgehead atoms. The van der Waals surface area contributed by atoms with Gasteiger partial charge in [-0.2, -0.15) is 4.98 Å². The lowest BCUT2D eigenvalue weighted by molar-refractivity contribution is -0.135. The van der Waals surface area contributed by atoms with Gasteiger partial charge in [0.15, 0.2) is 15.7 Å². The van der Waals surface area contributed by atoms with E-state index in [9.17, 15) is 13.2 Å². The van der Waals surface area contributed by atoms with Crippen LogP contribution >= 0.6 is 0 Å². The Morgan fingerprint density at radius 1 is 1.39 bits per heavy atom. The number of nitrogens with zero attached hydrogens (tertiary/aromatic N) is 3. The van der Waals surface area contributed by atoms with Crippen LogP contribution in [0.5, 0.6) is 0 Å². The number of aromatic nitrogens is 2. The van der Waals surface area contributed by atoms with Crippen molar-refractivity contribution in [2.45, 2.75) is 45.0 Å². The molecule has 0 N–H and O–H groups in total. The van der Waals surface area contributed by atoms with Crippen LogP contribution in [0.1, 0.15) is 39.4 Å². The standard InChI is InChI=1S/C14H23N3O5S/c1-10-7-17(5-6-21-10)12(18)9-23(19,20)8-11-15-13(22-16-11)14(2,3)4/h10H,5-9H2,1-4H3. The average Bonchev–Trinajstić information content (AvgIpc) is 2.85.